The molecule has 2 aromatic heterocycles. The summed E-state index contributed by atoms with van der Waals surface area (Å²) in [5.74, 6) is 2.10. The van der Waals surface area contributed by atoms with Crippen molar-refractivity contribution in [1.29, 1.82) is 0 Å². The summed E-state index contributed by atoms with van der Waals surface area (Å²) in [4.78, 5) is 4.19. The van der Waals surface area contributed by atoms with Crippen molar-refractivity contribution in [2.75, 3.05) is 12.4 Å². The first-order chi connectivity index (χ1) is 9.85. The smallest absolute Gasteiger partial charge is 0.293 e. The predicted octanol–water partition coefficient (Wildman–Crippen LogP) is 2.95. The van der Waals surface area contributed by atoms with E-state index >= 15 is 0 Å². The number of nitrogens with one attached hydrogen (secondary N) is 1. The molecule has 0 atom stereocenters. The van der Waals surface area contributed by atoms with Crippen LogP contribution in [0.5, 0.6) is 5.75 Å². The van der Waals surface area contributed by atoms with Gasteiger partial charge in [-0.15, -0.1) is 0 Å². The van der Waals surface area contributed by atoms with Gasteiger partial charge in [-0.1, -0.05) is 5.16 Å². The molecule has 0 amide bonds. The summed E-state index contributed by atoms with van der Waals surface area (Å²) >= 11 is 0. The molecule has 1 aromatic carbocycles. The van der Waals surface area contributed by atoms with Crippen molar-refractivity contribution in [2.45, 2.75) is 6.61 Å². The van der Waals surface area contributed by atoms with Crippen LogP contribution in [0.2, 0.25) is 0 Å². The van der Waals surface area contributed by atoms with E-state index in [-0.39, 0.29) is 6.61 Å². The third kappa shape index (κ3) is 2.64. The third-order valence-electron chi connectivity index (χ3n) is 2.71. The second kappa shape index (κ2) is 5.48. The van der Waals surface area contributed by atoms with Crippen LogP contribution in [0.3, 0.4) is 0 Å². The number of hydrogen-bond acceptors (Lipinski definition) is 6. The number of benzene rings is 1. The molecular weight excluding hydrogens is 258 g/mol. The minimum absolute atomic E-state index is 0.239. The lowest BCUT2D eigenvalue weighted by atomic mass is 10.3. The highest BCUT2D eigenvalue weighted by Crippen LogP contribution is 2.19. The molecule has 0 saturated carbocycles. The quantitative estimate of drug-likeness (QED) is 0.769. The number of furan rings is 1. The van der Waals surface area contributed by atoms with E-state index < -0.39 is 0 Å². The molecular formula is C14H13N3O3. The van der Waals surface area contributed by atoms with Crippen LogP contribution in [0.4, 0.5) is 5.69 Å². The number of aromatic nitrogens is 2. The van der Waals surface area contributed by atoms with Crippen LogP contribution in [0.1, 0.15) is 5.82 Å². The molecule has 0 aliphatic heterocycles. The Labute approximate surface area is 115 Å². The summed E-state index contributed by atoms with van der Waals surface area (Å²) in [5, 5.41) is 6.88. The monoisotopic (exact) mass is 271 g/mol. The number of hydrogen-bond donors (Lipinski definition) is 1. The van der Waals surface area contributed by atoms with E-state index in [1.54, 1.807) is 18.4 Å². The number of rotatable bonds is 5. The molecule has 102 valence electrons. The second-order valence-electron chi connectivity index (χ2n) is 4.06. The molecule has 6 heteroatoms. The van der Waals surface area contributed by atoms with Crippen LogP contribution < -0.4 is 10.1 Å². The lowest BCUT2D eigenvalue weighted by molar-refractivity contribution is 0.287. The highest BCUT2D eigenvalue weighted by molar-refractivity contribution is 5.45. The topological polar surface area (TPSA) is 73.3 Å². The zero-order chi connectivity index (χ0) is 13.8. The molecule has 6 nitrogen and oxygen atoms in total. The molecule has 0 fully saturated rings. The molecule has 0 radical (unpaired) electrons. The van der Waals surface area contributed by atoms with Crippen molar-refractivity contribution < 1.29 is 13.7 Å². The van der Waals surface area contributed by atoms with Gasteiger partial charge >= 0.3 is 0 Å². The van der Waals surface area contributed by atoms with Crippen molar-refractivity contribution in [3.05, 3.63) is 48.5 Å². The largest absolute Gasteiger partial charge is 0.485 e. The first kappa shape index (κ1) is 12.3. The minimum atomic E-state index is 0.239. The molecule has 2 heterocycles. The average Bonchev–Trinajstić information content (AvgIpc) is 3.16. The Morgan fingerprint density at radius 2 is 2.05 bits per heavy atom. The summed E-state index contributed by atoms with van der Waals surface area (Å²) in [6, 6.07) is 11.1. The fourth-order valence-electron chi connectivity index (χ4n) is 1.68. The zero-order valence-electron chi connectivity index (χ0n) is 10.9. The molecule has 3 aromatic rings. The van der Waals surface area contributed by atoms with Crippen LogP contribution >= 0.6 is 0 Å². The van der Waals surface area contributed by atoms with Crippen LogP contribution in [0, 0.1) is 0 Å². The second-order valence-corrected chi connectivity index (χ2v) is 4.06. The summed E-state index contributed by atoms with van der Waals surface area (Å²) in [6.07, 6.45) is 1.55. The molecule has 3 rings (SSSR count). The summed E-state index contributed by atoms with van der Waals surface area (Å²) in [5.41, 5.74) is 1.03. The molecule has 0 aliphatic carbocycles. The SMILES string of the molecule is CNc1ccc(OCc2noc(-c3ccco3)n2)cc1. The number of anilines is 1. The summed E-state index contributed by atoms with van der Waals surface area (Å²) < 4.78 is 15.8. The standard InChI is InChI=1S/C14H13N3O3/c1-15-10-4-6-11(7-5-10)19-9-13-16-14(20-17-13)12-3-2-8-18-12/h2-8,15H,9H2,1H3. The maximum atomic E-state index is 5.58. The molecule has 0 saturated heterocycles. The maximum absolute atomic E-state index is 5.58. The van der Waals surface area contributed by atoms with Gasteiger partial charge in [-0.25, -0.2) is 0 Å². The van der Waals surface area contributed by atoms with E-state index in [0.29, 0.717) is 17.5 Å². The molecule has 0 spiro atoms. The molecule has 0 aliphatic rings. The van der Waals surface area contributed by atoms with Gasteiger partial charge in [0.2, 0.25) is 5.82 Å². The fraction of sp³-hybridized carbons (Fsp3) is 0.143. The Balaban J connectivity index is 1.63. The summed E-state index contributed by atoms with van der Waals surface area (Å²) in [7, 11) is 1.87. The first-order valence-electron chi connectivity index (χ1n) is 6.12. The lowest BCUT2D eigenvalue weighted by Crippen LogP contribution is -1.97. The number of ether oxygens (including phenoxy) is 1. The van der Waals surface area contributed by atoms with Crippen molar-refractivity contribution >= 4 is 5.69 Å². The van der Waals surface area contributed by atoms with E-state index in [1.165, 1.54) is 0 Å². The van der Waals surface area contributed by atoms with Gasteiger partial charge in [0.15, 0.2) is 12.4 Å². The van der Waals surface area contributed by atoms with Crippen LogP contribution in [-0.2, 0) is 6.61 Å². The van der Waals surface area contributed by atoms with Gasteiger partial charge in [-0.3, -0.25) is 0 Å². The van der Waals surface area contributed by atoms with Crippen molar-refractivity contribution in [1.82, 2.24) is 10.1 Å². The van der Waals surface area contributed by atoms with Gasteiger partial charge in [0.1, 0.15) is 5.75 Å². The Bertz CT molecular complexity index is 659. The Morgan fingerprint density at radius 1 is 1.20 bits per heavy atom. The average molecular weight is 271 g/mol. The highest BCUT2D eigenvalue weighted by Gasteiger charge is 2.11. The highest BCUT2D eigenvalue weighted by atomic mass is 16.5. The fourth-order valence-corrected chi connectivity index (χ4v) is 1.68. The van der Waals surface area contributed by atoms with E-state index in [0.717, 1.165) is 11.4 Å². The van der Waals surface area contributed by atoms with E-state index in [2.05, 4.69) is 15.5 Å². The van der Waals surface area contributed by atoms with Crippen LogP contribution in [-0.4, -0.2) is 17.2 Å². The molecule has 1 N–H and O–H groups in total. The van der Waals surface area contributed by atoms with Gasteiger partial charge in [-0.2, -0.15) is 4.98 Å². The van der Waals surface area contributed by atoms with E-state index in [1.807, 2.05) is 31.3 Å². The molecule has 0 unspecified atom stereocenters. The van der Waals surface area contributed by atoms with Crippen LogP contribution in [0.15, 0.2) is 51.6 Å². The zero-order valence-corrected chi connectivity index (χ0v) is 10.9. The van der Waals surface area contributed by atoms with Crippen molar-refractivity contribution in [3.8, 4) is 17.4 Å². The Kier molecular flexibility index (Phi) is 3.36. The normalized spacial score (nSPS) is 10.4. The van der Waals surface area contributed by atoms with Gasteiger partial charge < -0.3 is 19.0 Å². The van der Waals surface area contributed by atoms with Crippen LogP contribution in [0.25, 0.3) is 11.7 Å². The van der Waals surface area contributed by atoms with Gasteiger partial charge in [0, 0.05) is 12.7 Å². The summed E-state index contributed by atoms with van der Waals surface area (Å²) in [6.45, 7) is 0.239. The predicted molar refractivity (Wildman–Crippen MR) is 72.3 cm³/mol. The van der Waals surface area contributed by atoms with E-state index in [9.17, 15) is 0 Å². The van der Waals surface area contributed by atoms with Gasteiger partial charge in [-0.05, 0) is 36.4 Å². The van der Waals surface area contributed by atoms with Gasteiger partial charge in [0.05, 0.1) is 6.26 Å². The van der Waals surface area contributed by atoms with Crippen molar-refractivity contribution in [2.24, 2.45) is 0 Å². The number of nitrogens with zero attached hydrogens (tertiary/aromatic N) is 2. The molecule has 0 bridgehead atoms. The van der Waals surface area contributed by atoms with Gasteiger partial charge in [0.25, 0.3) is 5.89 Å². The first-order valence-corrected chi connectivity index (χ1v) is 6.12. The third-order valence-corrected chi connectivity index (χ3v) is 2.71. The Hall–Kier alpha value is -2.76. The van der Waals surface area contributed by atoms with E-state index in [4.69, 9.17) is 13.7 Å². The lowest BCUT2D eigenvalue weighted by Gasteiger charge is -2.04. The Morgan fingerprint density at radius 3 is 2.75 bits per heavy atom. The maximum Gasteiger partial charge on any atom is 0.293 e. The van der Waals surface area contributed by atoms with Crippen molar-refractivity contribution in [3.63, 3.8) is 0 Å². The minimum Gasteiger partial charge on any atom is -0.485 e. The molecule has 20 heavy (non-hydrogen) atoms.